The molecule has 7 heteroatoms. The molecule has 1 heterocycles. The number of nitrogens with zero attached hydrogens (tertiary/aromatic N) is 2. The molecule has 2 N–H and O–H groups in total. The number of guanidine groups is 1. The second kappa shape index (κ2) is 12.1. The first-order chi connectivity index (χ1) is 15.6. The highest BCUT2D eigenvalue weighted by atomic mass is 16.5. The summed E-state index contributed by atoms with van der Waals surface area (Å²) in [4.78, 5) is 19.3. The average Bonchev–Trinajstić information content (AvgIpc) is 3.23. The number of carbonyl (C=O) groups is 1. The first kappa shape index (κ1) is 23.6. The number of benzene rings is 2. The molecule has 32 heavy (non-hydrogen) atoms. The topological polar surface area (TPSA) is 75.2 Å². The summed E-state index contributed by atoms with van der Waals surface area (Å²) >= 11 is 0. The molecule has 0 atom stereocenters. The minimum absolute atomic E-state index is 0.0378. The summed E-state index contributed by atoms with van der Waals surface area (Å²) < 4.78 is 11.3. The molecule has 1 amide bonds. The van der Waals surface area contributed by atoms with E-state index in [2.05, 4.69) is 27.8 Å². The highest BCUT2D eigenvalue weighted by Crippen LogP contribution is 2.27. The SMILES string of the molecule is CCNC(=NCc1ccc(C)cc1OCCOCC)NCC(=O)N1CCc2ccccc21. The number of hydrogen-bond acceptors (Lipinski definition) is 4. The van der Waals surface area contributed by atoms with Crippen LogP contribution in [-0.2, 0) is 22.5 Å². The van der Waals surface area contributed by atoms with Crippen LogP contribution in [0.25, 0.3) is 0 Å². The van der Waals surface area contributed by atoms with Gasteiger partial charge in [0, 0.05) is 30.9 Å². The van der Waals surface area contributed by atoms with Crippen LogP contribution in [0.3, 0.4) is 0 Å². The number of para-hydroxylation sites is 1. The lowest BCUT2D eigenvalue weighted by Gasteiger charge is -2.19. The largest absolute Gasteiger partial charge is 0.491 e. The standard InChI is InChI=1S/C25H34N4O3/c1-4-26-25(28-18-24(30)29-13-12-20-8-6-7-9-22(20)29)27-17-21-11-10-19(3)16-23(21)32-15-14-31-5-2/h6-11,16H,4-5,12-15,17-18H2,1-3H3,(H2,26,27,28). The third kappa shape index (κ3) is 6.47. The van der Waals surface area contributed by atoms with Crippen LogP contribution >= 0.6 is 0 Å². The summed E-state index contributed by atoms with van der Waals surface area (Å²) in [6.45, 7) is 9.80. The summed E-state index contributed by atoms with van der Waals surface area (Å²) in [5.74, 6) is 1.46. The summed E-state index contributed by atoms with van der Waals surface area (Å²) in [6.07, 6.45) is 0.898. The van der Waals surface area contributed by atoms with E-state index in [1.165, 1.54) is 5.56 Å². The third-order valence-electron chi connectivity index (χ3n) is 5.26. The Morgan fingerprint density at radius 3 is 2.78 bits per heavy atom. The van der Waals surface area contributed by atoms with Gasteiger partial charge in [0.15, 0.2) is 5.96 Å². The Labute approximate surface area is 190 Å². The van der Waals surface area contributed by atoms with Gasteiger partial charge in [-0.2, -0.15) is 0 Å². The van der Waals surface area contributed by atoms with Crippen molar-refractivity contribution in [2.75, 3.05) is 44.4 Å². The molecule has 172 valence electrons. The maximum atomic E-state index is 12.8. The summed E-state index contributed by atoms with van der Waals surface area (Å²) in [7, 11) is 0. The Morgan fingerprint density at radius 1 is 1.12 bits per heavy atom. The average molecular weight is 439 g/mol. The number of anilines is 1. The van der Waals surface area contributed by atoms with Crippen LogP contribution in [0.4, 0.5) is 5.69 Å². The molecular weight excluding hydrogens is 404 g/mol. The number of carbonyl (C=O) groups excluding carboxylic acids is 1. The fraction of sp³-hybridized carbons (Fsp3) is 0.440. The molecule has 0 aromatic heterocycles. The molecule has 0 spiro atoms. The van der Waals surface area contributed by atoms with Crippen LogP contribution in [0.2, 0.25) is 0 Å². The second-order valence-electron chi connectivity index (χ2n) is 7.63. The van der Waals surface area contributed by atoms with Crippen molar-refractivity contribution in [1.29, 1.82) is 0 Å². The second-order valence-corrected chi connectivity index (χ2v) is 7.63. The van der Waals surface area contributed by atoms with Gasteiger partial charge in [-0.25, -0.2) is 4.99 Å². The monoisotopic (exact) mass is 438 g/mol. The number of aryl methyl sites for hydroxylation is 1. The summed E-state index contributed by atoms with van der Waals surface area (Å²) in [6, 6.07) is 14.2. The van der Waals surface area contributed by atoms with E-state index in [1.807, 2.05) is 56.0 Å². The Kier molecular flexibility index (Phi) is 8.92. The van der Waals surface area contributed by atoms with E-state index in [0.717, 1.165) is 35.5 Å². The van der Waals surface area contributed by atoms with Crippen LogP contribution in [0, 0.1) is 6.92 Å². The van der Waals surface area contributed by atoms with Gasteiger partial charge in [-0.1, -0.05) is 30.3 Å². The van der Waals surface area contributed by atoms with Crippen molar-refractivity contribution in [3.8, 4) is 5.75 Å². The molecule has 3 rings (SSSR count). The maximum Gasteiger partial charge on any atom is 0.246 e. The van der Waals surface area contributed by atoms with Gasteiger partial charge in [-0.15, -0.1) is 0 Å². The molecule has 1 aliphatic rings. The van der Waals surface area contributed by atoms with Crippen LogP contribution in [-0.4, -0.2) is 51.3 Å². The number of aliphatic imine (C=N–C) groups is 1. The molecule has 0 bridgehead atoms. The van der Waals surface area contributed by atoms with Crippen molar-refractivity contribution in [2.24, 2.45) is 4.99 Å². The predicted octanol–water partition coefficient (Wildman–Crippen LogP) is 3.05. The Morgan fingerprint density at radius 2 is 1.97 bits per heavy atom. The molecule has 2 aromatic rings. The third-order valence-corrected chi connectivity index (χ3v) is 5.26. The van der Waals surface area contributed by atoms with Crippen molar-refractivity contribution in [3.63, 3.8) is 0 Å². The van der Waals surface area contributed by atoms with E-state index in [1.54, 1.807) is 0 Å². The van der Waals surface area contributed by atoms with Crippen LogP contribution in [0.5, 0.6) is 5.75 Å². The van der Waals surface area contributed by atoms with Gasteiger partial charge < -0.3 is 25.0 Å². The summed E-state index contributed by atoms with van der Waals surface area (Å²) in [5.41, 5.74) is 4.35. The van der Waals surface area contributed by atoms with Gasteiger partial charge in [0.05, 0.1) is 19.7 Å². The van der Waals surface area contributed by atoms with Gasteiger partial charge >= 0.3 is 0 Å². The molecule has 0 saturated heterocycles. The minimum Gasteiger partial charge on any atom is -0.491 e. The fourth-order valence-corrected chi connectivity index (χ4v) is 3.64. The zero-order valence-electron chi connectivity index (χ0n) is 19.3. The van der Waals surface area contributed by atoms with Gasteiger partial charge in [-0.3, -0.25) is 4.79 Å². The Hall–Kier alpha value is -3.06. The summed E-state index contributed by atoms with van der Waals surface area (Å²) in [5, 5.41) is 6.39. The molecule has 0 unspecified atom stereocenters. The minimum atomic E-state index is 0.0378. The number of rotatable bonds is 10. The van der Waals surface area contributed by atoms with E-state index < -0.39 is 0 Å². The molecule has 1 aliphatic heterocycles. The number of fused-ring (bicyclic) bond motifs is 1. The smallest absolute Gasteiger partial charge is 0.246 e. The number of ether oxygens (including phenoxy) is 2. The molecule has 2 aromatic carbocycles. The van der Waals surface area contributed by atoms with Crippen molar-refractivity contribution < 1.29 is 14.3 Å². The van der Waals surface area contributed by atoms with Gasteiger partial charge in [0.25, 0.3) is 0 Å². The first-order valence-electron chi connectivity index (χ1n) is 11.3. The predicted molar refractivity (Wildman–Crippen MR) is 128 cm³/mol. The van der Waals surface area contributed by atoms with Crippen LogP contribution < -0.4 is 20.3 Å². The highest BCUT2D eigenvalue weighted by molar-refractivity contribution is 5.98. The van der Waals surface area contributed by atoms with Gasteiger partial charge in [-0.05, 0) is 50.5 Å². The molecule has 0 saturated carbocycles. The maximum absolute atomic E-state index is 12.8. The Balaban J connectivity index is 1.61. The molecular formula is C25H34N4O3. The van der Waals surface area contributed by atoms with Gasteiger partial charge in [0.1, 0.15) is 12.4 Å². The number of nitrogens with one attached hydrogen (secondary N) is 2. The van der Waals surface area contributed by atoms with Crippen LogP contribution in [0.15, 0.2) is 47.5 Å². The van der Waals surface area contributed by atoms with Crippen molar-refractivity contribution >= 4 is 17.6 Å². The van der Waals surface area contributed by atoms with Crippen molar-refractivity contribution in [3.05, 3.63) is 59.2 Å². The number of hydrogen-bond donors (Lipinski definition) is 2. The zero-order valence-corrected chi connectivity index (χ0v) is 19.3. The molecule has 0 radical (unpaired) electrons. The highest BCUT2D eigenvalue weighted by Gasteiger charge is 2.23. The number of amides is 1. The van der Waals surface area contributed by atoms with Crippen molar-refractivity contribution in [2.45, 2.75) is 33.7 Å². The zero-order chi connectivity index (χ0) is 22.8. The first-order valence-corrected chi connectivity index (χ1v) is 11.3. The molecule has 7 nitrogen and oxygen atoms in total. The van der Waals surface area contributed by atoms with E-state index in [0.29, 0.717) is 38.9 Å². The fourth-order valence-electron chi connectivity index (χ4n) is 3.64. The lowest BCUT2D eigenvalue weighted by atomic mass is 10.1. The van der Waals surface area contributed by atoms with E-state index in [4.69, 9.17) is 9.47 Å². The molecule has 0 aliphatic carbocycles. The van der Waals surface area contributed by atoms with Crippen LogP contribution in [0.1, 0.15) is 30.5 Å². The Bertz CT molecular complexity index is 929. The lowest BCUT2D eigenvalue weighted by Crippen LogP contribution is -2.44. The lowest BCUT2D eigenvalue weighted by molar-refractivity contribution is -0.117. The van der Waals surface area contributed by atoms with Gasteiger partial charge in [0.2, 0.25) is 5.91 Å². The van der Waals surface area contributed by atoms with E-state index in [9.17, 15) is 4.79 Å². The van der Waals surface area contributed by atoms with Crippen molar-refractivity contribution in [1.82, 2.24) is 10.6 Å². The quantitative estimate of drug-likeness (QED) is 0.339. The molecule has 0 fully saturated rings. The van der Waals surface area contributed by atoms with E-state index in [-0.39, 0.29) is 12.5 Å². The normalized spacial score (nSPS) is 13.1. The van der Waals surface area contributed by atoms with E-state index >= 15 is 0 Å².